The first-order valence-electron chi connectivity index (χ1n) is 4.29. The molecule has 0 atom stereocenters. The fourth-order valence-corrected chi connectivity index (χ4v) is 1.37. The van der Waals surface area contributed by atoms with E-state index in [1.54, 1.807) is 0 Å². The Balaban J connectivity index is 2.41. The molecule has 0 aliphatic carbocycles. The number of carboxylic acid groups (broad SMARTS) is 1. The van der Waals surface area contributed by atoms with Gasteiger partial charge < -0.3 is 5.11 Å². The number of carboxylic acids is 1. The zero-order valence-corrected chi connectivity index (χ0v) is 7.80. The summed E-state index contributed by atoms with van der Waals surface area (Å²) in [6.07, 6.45) is 4.30. The van der Waals surface area contributed by atoms with Crippen LogP contribution in [0.3, 0.4) is 0 Å². The van der Waals surface area contributed by atoms with Crippen molar-refractivity contribution in [3.8, 4) is 0 Å². The van der Waals surface area contributed by atoms with Gasteiger partial charge in [0.05, 0.1) is 12.0 Å². The Labute approximate surface area is 85.7 Å². The normalized spacial score (nSPS) is 19.6. The summed E-state index contributed by atoms with van der Waals surface area (Å²) in [5.41, 5.74) is 0.554. The highest BCUT2D eigenvalue weighted by atomic mass is 16.4. The first-order chi connectivity index (χ1) is 7.08. The Bertz CT molecular complexity index is 457. The number of fused-ring (bicyclic) bond motifs is 1. The van der Waals surface area contributed by atoms with Crippen LogP contribution in [0.5, 0.6) is 0 Å². The molecule has 0 saturated carbocycles. The van der Waals surface area contributed by atoms with Crippen LogP contribution in [0.2, 0.25) is 0 Å². The zero-order chi connectivity index (χ0) is 11.0. The van der Waals surface area contributed by atoms with Crippen molar-refractivity contribution in [3.63, 3.8) is 0 Å². The van der Waals surface area contributed by atoms with Gasteiger partial charge in [-0.25, -0.2) is 9.79 Å². The Morgan fingerprint density at radius 1 is 1.53 bits per heavy atom. The Morgan fingerprint density at radius 2 is 2.27 bits per heavy atom. The van der Waals surface area contributed by atoms with E-state index in [2.05, 4.69) is 11.6 Å². The Morgan fingerprint density at radius 3 is 2.93 bits per heavy atom. The highest BCUT2D eigenvalue weighted by molar-refractivity contribution is 6.11. The maximum Gasteiger partial charge on any atom is 0.337 e. The lowest BCUT2D eigenvalue weighted by Crippen LogP contribution is -2.36. The lowest BCUT2D eigenvalue weighted by Gasteiger charge is -2.25. The van der Waals surface area contributed by atoms with Gasteiger partial charge in [-0.05, 0) is 12.2 Å². The minimum Gasteiger partial charge on any atom is -0.478 e. The van der Waals surface area contributed by atoms with Gasteiger partial charge in [0.2, 0.25) is 5.91 Å². The summed E-state index contributed by atoms with van der Waals surface area (Å²) >= 11 is 0. The fourth-order valence-electron chi connectivity index (χ4n) is 1.37. The van der Waals surface area contributed by atoms with Crippen molar-refractivity contribution in [2.45, 2.75) is 6.42 Å². The molecule has 1 amide bonds. The molecule has 0 fully saturated rings. The molecule has 0 aromatic carbocycles. The topological polar surface area (TPSA) is 70.0 Å². The molecule has 2 aliphatic rings. The summed E-state index contributed by atoms with van der Waals surface area (Å²) in [7, 11) is 0. The molecule has 0 aromatic rings. The zero-order valence-electron chi connectivity index (χ0n) is 7.80. The lowest BCUT2D eigenvalue weighted by molar-refractivity contribution is -0.132. The molecule has 0 aromatic heterocycles. The number of rotatable bonds is 1. The number of hydrogen-bond acceptors (Lipinski definition) is 3. The van der Waals surface area contributed by atoms with E-state index in [1.807, 2.05) is 0 Å². The molecular formula is C10H8N2O3. The van der Waals surface area contributed by atoms with Crippen molar-refractivity contribution in [3.05, 3.63) is 36.2 Å². The van der Waals surface area contributed by atoms with Gasteiger partial charge in [0, 0.05) is 11.9 Å². The lowest BCUT2D eigenvalue weighted by atomic mass is 10.1. The summed E-state index contributed by atoms with van der Waals surface area (Å²) in [5, 5.41) is 8.75. The smallest absolute Gasteiger partial charge is 0.337 e. The van der Waals surface area contributed by atoms with Gasteiger partial charge in [0.15, 0.2) is 0 Å². The number of carbonyl (C=O) groups excluding carboxylic acids is 1. The molecule has 0 spiro atoms. The predicted molar refractivity (Wildman–Crippen MR) is 52.9 cm³/mol. The second-order valence-corrected chi connectivity index (χ2v) is 3.20. The van der Waals surface area contributed by atoms with Crippen LogP contribution in [0.15, 0.2) is 41.2 Å². The highest BCUT2D eigenvalue weighted by Gasteiger charge is 2.25. The molecule has 0 radical (unpaired) electrons. The van der Waals surface area contributed by atoms with E-state index in [0.717, 1.165) is 0 Å². The molecule has 2 rings (SSSR count). The first-order valence-corrected chi connectivity index (χ1v) is 4.29. The van der Waals surface area contributed by atoms with Crippen LogP contribution in [0.1, 0.15) is 6.42 Å². The van der Waals surface area contributed by atoms with E-state index < -0.39 is 5.97 Å². The second kappa shape index (κ2) is 3.20. The number of aliphatic carboxylic acids is 1. The fraction of sp³-hybridized carbons (Fsp3) is 0.100. The molecule has 76 valence electrons. The minimum absolute atomic E-state index is 0.0646. The van der Waals surface area contributed by atoms with E-state index in [-0.39, 0.29) is 17.9 Å². The SMILES string of the molecule is C=C1CC(=O)N2C=C(C(=O)O)C=CC2=N1. The number of amidine groups is 1. The van der Waals surface area contributed by atoms with Gasteiger partial charge in [-0.2, -0.15) is 0 Å². The van der Waals surface area contributed by atoms with Crippen LogP contribution in [0.4, 0.5) is 0 Å². The molecule has 15 heavy (non-hydrogen) atoms. The first kappa shape index (κ1) is 9.39. The Kier molecular flexibility index (Phi) is 2.00. The third kappa shape index (κ3) is 1.59. The van der Waals surface area contributed by atoms with E-state index in [0.29, 0.717) is 11.5 Å². The van der Waals surface area contributed by atoms with Crippen molar-refractivity contribution in [1.29, 1.82) is 0 Å². The standard InChI is InChI=1S/C10H8N2O3/c1-6-4-9(13)12-5-7(10(14)15)2-3-8(12)11-6/h2-3,5H,1,4H2,(H,14,15). The predicted octanol–water partition coefficient (Wildman–Crippen LogP) is 0.669. The molecule has 2 aliphatic heterocycles. The molecule has 0 saturated heterocycles. The van der Waals surface area contributed by atoms with E-state index in [4.69, 9.17) is 5.11 Å². The number of hydrogen-bond donors (Lipinski definition) is 1. The second-order valence-electron chi connectivity index (χ2n) is 3.20. The van der Waals surface area contributed by atoms with E-state index in [1.165, 1.54) is 23.3 Å². The average Bonchev–Trinajstić information content (AvgIpc) is 2.16. The molecule has 1 N–H and O–H groups in total. The van der Waals surface area contributed by atoms with Crippen LogP contribution in [-0.4, -0.2) is 27.7 Å². The monoisotopic (exact) mass is 204 g/mol. The summed E-state index contributed by atoms with van der Waals surface area (Å²) in [6.45, 7) is 3.60. The highest BCUT2D eigenvalue weighted by Crippen LogP contribution is 2.19. The molecule has 5 heteroatoms. The van der Waals surface area contributed by atoms with Gasteiger partial charge in [0.1, 0.15) is 5.84 Å². The van der Waals surface area contributed by atoms with Crippen molar-refractivity contribution >= 4 is 17.7 Å². The third-order valence-electron chi connectivity index (χ3n) is 2.07. The summed E-state index contributed by atoms with van der Waals surface area (Å²) < 4.78 is 0. The summed E-state index contributed by atoms with van der Waals surface area (Å²) in [5.74, 6) is -0.864. The van der Waals surface area contributed by atoms with E-state index >= 15 is 0 Å². The quantitative estimate of drug-likeness (QED) is 0.682. The van der Waals surface area contributed by atoms with Crippen molar-refractivity contribution in [1.82, 2.24) is 4.90 Å². The van der Waals surface area contributed by atoms with Gasteiger partial charge in [-0.1, -0.05) is 6.58 Å². The minimum atomic E-state index is -1.07. The molecular weight excluding hydrogens is 196 g/mol. The molecule has 0 bridgehead atoms. The van der Waals surface area contributed by atoms with Crippen LogP contribution >= 0.6 is 0 Å². The van der Waals surface area contributed by atoms with Crippen LogP contribution in [-0.2, 0) is 9.59 Å². The van der Waals surface area contributed by atoms with Crippen molar-refractivity contribution in [2.24, 2.45) is 4.99 Å². The molecule has 5 nitrogen and oxygen atoms in total. The number of amides is 1. The van der Waals surface area contributed by atoms with Gasteiger partial charge in [0.25, 0.3) is 0 Å². The van der Waals surface area contributed by atoms with Gasteiger partial charge in [-0.15, -0.1) is 0 Å². The van der Waals surface area contributed by atoms with Crippen molar-refractivity contribution < 1.29 is 14.7 Å². The van der Waals surface area contributed by atoms with E-state index in [9.17, 15) is 9.59 Å². The van der Waals surface area contributed by atoms with Gasteiger partial charge in [-0.3, -0.25) is 9.69 Å². The van der Waals surface area contributed by atoms with Crippen LogP contribution in [0.25, 0.3) is 0 Å². The van der Waals surface area contributed by atoms with Gasteiger partial charge >= 0.3 is 5.97 Å². The average molecular weight is 204 g/mol. The maximum atomic E-state index is 11.5. The number of carbonyl (C=O) groups is 2. The van der Waals surface area contributed by atoms with Crippen LogP contribution < -0.4 is 0 Å². The largest absolute Gasteiger partial charge is 0.478 e. The number of nitrogens with zero attached hydrogens (tertiary/aromatic N) is 2. The molecule has 2 heterocycles. The molecule has 0 unspecified atom stereocenters. The maximum absolute atomic E-state index is 11.5. The summed E-state index contributed by atoms with van der Waals surface area (Å²) in [4.78, 5) is 27.5. The van der Waals surface area contributed by atoms with Crippen molar-refractivity contribution in [2.75, 3.05) is 0 Å². The Hall–Kier alpha value is -2.17. The third-order valence-corrected chi connectivity index (χ3v) is 2.07. The summed E-state index contributed by atoms with van der Waals surface area (Å²) in [6, 6.07) is 0. The van der Waals surface area contributed by atoms with Crippen LogP contribution in [0, 0.1) is 0 Å². The number of aliphatic imine (C=N–C) groups is 1.